The number of ether oxygens (including phenoxy) is 2. The SMILES string of the molecule is COC(=O)c1cc(Cl)c(N)cc1OCCCN1CCC(O)(Cc2ccc(F)cc2)C(C)(C)C1. The Labute approximate surface area is 199 Å². The van der Waals surface area contributed by atoms with E-state index in [1.165, 1.54) is 31.4 Å². The van der Waals surface area contributed by atoms with Gasteiger partial charge in [-0.2, -0.15) is 0 Å². The van der Waals surface area contributed by atoms with E-state index in [4.69, 9.17) is 26.8 Å². The van der Waals surface area contributed by atoms with Crippen LogP contribution >= 0.6 is 11.6 Å². The molecule has 1 unspecified atom stereocenters. The number of carbonyl (C=O) groups is 1. The summed E-state index contributed by atoms with van der Waals surface area (Å²) < 4.78 is 23.8. The summed E-state index contributed by atoms with van der Waals surface area (Å²) in [4.78, 5) is 14.3. The summed E-state index contributed by atoms with van der Waals surface area (Å²) in [5.74, 6) is -0.469. The van der Waals surface area contributed by atoms with Crippen LogP contribution < -0.4 is 10.5 Å². The Hall–Kier alpha value is -2.35. The normalized spacial score (nSPS) is 20.4. The van der Waals surface area contributed by atoms with Crippen molar-refractivity contribution in [3.63, 3.8) is 0 Å². The molecule has 0 saturated carbocycles. The van der Waals surface area contributed by atoms with Crippen LogP contribution in [0.1, 0.15) is 42.6 Å². The summed E-state index contributed by atoms with van der Waals surface area (Å²) in [6.45, 7) is 6.79. The van der Waals surface area contributed by atoms with E-state index in [1.807, 2.05) is 0 Å². The van der Waals surface area contributed by atoms with Crippen LogP contribution in [0.3, 0.4) is 0 Å². The van der Waals surface area contributed by atoms with Crippen LogP contribution in [0.5, 0.6) is 5.75 Å². The van der Waals surface area contributed by atoms with E-state index in [1.54, 1.807) is 12.1 Å². The molecule has 0 bridgehead atoms. The number of hydrogen-bond donors (Lipinski definition) is 2. The fourth-order valence-electron chi connectivity index (χ4n) is 4.35. The van der Waals surface area contributed by atoms with Crippen molar-refractivity contribution in [2.75, 3.05) is 39.1 Å². The minimum atomic E-state index is -0.867. The monoisotopic (exact) mass is 478 g/mol. The van der Waals surface area contributed by atoms with E-state index >= 15 is 0 Å². The van der Waals surface area contributed by atoms with Crippen LogP contribution in [-0.2, 0) is 11.2 Å². The maximum atomic E-state index is 13.2. The van der Waals surface area contributed by atoms with E-state index in [2.05, 4.69) is 18.7 Å². The predicted octanol–water partition coefficient (Wildman–Crippen LogP) is 4.32. The minimum Gasteiger partial charge on any atom is -0.493 e. The third-order valence-electron chi connectivity index (χ3n) is 6.51. The fourth-order valence-corrected chi connectivity index (χ4v) is 4.52. The van der Waals surface area contributed by atoms with Crippen molar-refractivity contribution < 1.29 is 23.8 Å². The van der Waals surface area contributed by atoms with Gasteiger partial charge in [-0.15, -0.1) is 0 Å². The Bertz CT molecular complexity index is 983. The first-order valence-corrected chi connectivity index (χ1v) is 11.4. The first-order valence-electron chi connectivity index (χ1n) is 11.0. The highest BCUT2D eigenvalue weighted by Crippen LogP contribution is 2.41. The minimum absolute atomic E-state index is 0.238. The highest BCUT2D eigenvalue weighted by molar-refractivity contribution is 6.33. The molecule has 0 radical (unpaired) electrons. The van der Waals surface area contributed by atoms with Crippen molar-refractivity contribution in [1.82, 2.24) is 4.90 Å². The molecular formula is C25H32ClFN2O4. The first kappa shape index (κ1) is 25.3. The van der Waals surface area contributed by atoms with Crippen LogP contribution in [-0.4, -0.2) is 54.9 Å². The van der Waals surface area contributed by atoms with E-state index in [9.17, 15) is 14.3 Å². The van der Waals surface area contributed by atoms with Crippen molar-refractivity contribution in [2.24, 2.45) is 5.41 Å². The molecule has 33 heavy (non-hydrogen) atoms. The average molecular weight is 479 g/mol. The molecule has 1 fully saturated rings. The van der Waals surface area contributed by atoms with Crippen molar-refractivity contribution in [3.05, 3.63) is 58.4 Å². The second-order valence-corrected chi connectivity index (χ2v) is 9.72. The van der Waals surface area contributed by atoms with Gasteiger partial charge in [0.05, 0.1) is 30.0 Å². The van der Waals surface area contributed by atoms with E-state index in [-0.39, 0.29) is 21.8 Å². The molecule has 3 N–H and O–H groups in total. The van der Waals surface area contributed by atoms with Gasteiger partial charge < -0.3 is 25.2 Å². The molecule has 0 aliphatic carbocycles. The average Bonchev–Trinajstić information content (AvgIpc) is 2.77. The number of benzene rings is 2. The Balaban J connectivity index is 1.54. The number of piperidine rings is 1. The van der Waals surface area contributed by atoms with Crippen LogP contribution in [0, 0.1) is 11.2 Å². The number of carbonyl (C=O) groups excluding carboxylic acids is 1. The maximum absolute atomic E-state index is 13.2. The summed E-state index contributed by atoms with van der Waals surface area (Å²) in [5, 5.41) is 11.7. The highest BCUT2D eigenvalue weighted by Gasteiger charge is 2.47. The second kappa shape index (κ2) is 10.3. The second-order valence-electron chi connectivity index (χ2n) is 9.31. The van der Waals surface area contributed by atoms with Gasteiger partial charge in [0.15, 0.2) is 0 Å². The lowest BCUT2D eigenvalue weighted by Gasteiger charge is -2.50. The summed E-state index contributed by atoms with van der Waals surface area (Å²) >= 11 is 6.03. The third-order valence-corrected chi connectivity index (χ3v) is 6.84. The first-order chi connectivity index (χ1) is 15.5. The van der Waals surface area contributed by atoms with Crippen molar-refractivity contribution in [1.29, 1.82) is 0 Å². The number of nitrogens with zero attached hydrogens (tertiary/aromatic N) is 1. The summed E-state index contributed by atoms with van der Waals surface area (Å²) in [5.41, 5.74) is 6.14. The summed E-state index contributed by atoms with van der Waals surface area (Å²) in [6.07, 6.45) is 1.85. The third kappa shape index (κ3) is 5.96. The number of aliphatic hydroxyl groups is 1. The molecule has 0 amide bonds. The van der Waals surface area contributed by atoms with Crippen molar-refractivity contribution in [2.45, 2.75) is 38.7 Å². The lowest BCUT2D eigenvalue weighted by atomic mass is 9.67. The Morgan fingerprint density at radius 3 is 2.61 bits per heavy atom. The van der Waals surface area contributed by atoms with E-state index in [0.29, 0.717) is 30.9 Å². The van der Waals surface area contributed by atoms with Crippen LogP contribution in [0.25, 0.3) is 0 Å². The van der Waals surface area contributed by atoms with E-state index < -0.39 is 11.6 Å². The summed E-state index contributed by atoms with van der Waals surface area (Å²) in [6, 6.07) is 9.32. The van der Waals surface area contributed by atoms with Crippen LogP contribution in [0.4, 0.5) is 10.1 Å². The predicted molar refractivity (Wildman–Crippen MR) is 127 cm³/mol. The highest BCUT2D eigenvalue weighted by atomic mass is 35.5. The Morgan fingerprint density at radius 1 is 1.27 bits per heavy atom. The molecule has 1 aliphatic rings. The lowest BCUT2D eigenvalue weighted by Crippen LogP contribution is -2.58. The van der Waals surface area contributed by atoms with Crippen molar-refractivity contribution >= 4 is 23.3 Å². The van der Waals surface area contributed by atoms with Crippen molar-refractivity contribution in [3.8, 4) is 5.75 Å². The molecule has 1 heterocycles. The van der Waals surface area contributed by atoms with Gasteiger partial charge in [0.2, 0.25) is 0 Å². The quantitative estimate of drug-likeness (QED) is 0.334. The van der Waals surface area contributed by atoms with Gasteiger partial charge in [-0.1, -0.05) is 37.6 Å². The number of nitrogens with two attached hydrogens (primary N) is 1. The molecule has 2 aromatic rings. The largest absolute Gasteiger partial charge is 0.493 e. The zero-order valence-corrected chi connectivity index (χ0v) is 20.1. The van der Waals surface area contributed by atoms with Gasteiger partial charge >= 0.3 is 5.97 Å². The lowest BCUT2D eigenvalue weighted by molar-refractivity contribution is -0.118. The molecule has 8 heteroatoms. The van der Waals surface area contributed by atoms with E-state index in [0.717, 1.165) is 31.6 Å². The standard InChI is InChI=1S/C25H32ClFN2O4/c1-24(2)16-29(11-9-25(24,31)15-17-5-7-18(27)8-6-17)10-4-12-33-22-14-21(28)20(26)13-19(22)23(30)32-3/h5-8,13-14,31H,4,9-12,15-16,28H2,1-3H3. The maximum Gasteiger partial charge on any atom is 0.341 e. The molecule has 1 atom stereocenters. The van der Waals surface area contributed by atoms with Gasteiger partial charge in [0.1, 0.15) is 17.1 Å². The molecule has 1 saturated heterocycles. The molecule has 3 rings (SSSR count). The number of esters is 1. The van der Waals surface area contributed by atoms with Gasteiger partial charge in [0, 0.05) is 37.5 Å². The zero-order valence-electron chi connectivity index (χ0n) is 19.4. The number of nitrogen functional groups attached to an aromatic ring is 1. The zero-order chi connectivity index (χ0) is 24.2. The molecule has 2 aromatic carbocycles. The van der Waals surface area contributed by atoms with Gasteiger partial charge in [-0.3, -0.25) is 0 Å². The number of hydrogen-bond acceptors (Lipinski definition) is 6. The molecular weight excluding hydrogens is 447 g/mol. The van der Waals surface area contributed by atoms with Gasteiger partial charge in [0.25, 0.3) is 0 Å². The molecule has 0 aromatic heterocycles. The number of likely N-dealkylation sites (tertiary alicyclic amines) is 1. The molecule has 0 spiro atoms. The number of methoxy groups -OCH3 is 1. The molecule has 1 aliphatic heterocycles. The van der Waals surface area contributed by atoms with Crippen LogP contribution in [0.15, 0.2) is 36.4 Å². The topological polar surface area (TPSA) is 85.0 Å². The number of rotatable bonds is 8. The van der Waals surface area contributed by atoms with Crippen LogP contribution in [0.2, 0.25) is 5.02 Å². The smallest absolute Gasteiger partial charge is 0.341 e. The Kier molecular flexibility index (Phi) is 7.88. The fraction of sp³-hybridized carbons (Fsp3) is 0.480. The number of anilines is 1. The van der Waals surface area contributed by atoms with Gasteiger partial charge in [-0.05, 0) is 36.6 Å². The number of halogens is 2. The van der Waals surface area contributed by atoms with Gasteiger partial charge in [-0.25, -0.2) is 9.18 Å². The summed E-state index contributed by atoms with van der Waals surface area (Å²) in [7, 11) is 1.30. The molecule has 180 valence electrons. The molecule has 6 nitrogen and oxygen atoms in total. The Morgan fingerprint density at radius 2 is 1.97 bits per heavy atom.